The van der Waals surface area contributed by atoms with E-state index in [4.69, 9.17) is 54.8 Å². The topological polar surface area (TPSA) is 240 Å². The summed E-state index contributed by atoms with van der Waals surface area (Å²) in [4.78, 5) is 48.6. The molecule has 0 saturated carbocycles. The number of phenols is 2. The lowest BCUT2D eigenvalue weighted by molar-refractivity contribution is -0.135. The molecular weight excluding hydrogens is 869 g/mol. The maximum Gasteiger partial charge on any atom is 0.340 e. The molecule has 0 saturated heterocycles. The first kappa shape index (κ1) is 48.2. The fourth-order valence-corrected chi connectivity index (χ4v) is 7.02. The molecule has 4 aromatic carbocycles. The van der Waals surface area contributed by atoms with E-state index in [1.807, 2.05) is 0 Å². The number of nitroso groups, excluding NO2 is 1. The molecule has 0 radical (unpaired) electrons. The van der Waals surface area contributed by atoms with Gasteiger partial charge in [-0.1, -0.05) is 6.07 Å². The Balaban J connectivity index is 0.742. The van der Waals surface area contributed by atoms with Crippen LogP contribution in [0.25, 0.3) is 0 Å². The number of ether oxygens (including phenoxy) is 9. The third-order valence-electron chi connectivity index (χ3n) is 9.75. The highest BCUT2D eigenvalue weighted by molar-refractivity contribution is 7.80. The maximum atomic E-state index is 13.4. The van der Waals surface area contributed by atoms with Crippen molar-refractivity contribution in [3.8, 4) is 28.7 Å². The number of hydrogen-bond donors (Lipinski definition) is 5. The molecule has 0 atom stereocenters. The number of hydrogen-bond acceptors (Lipinski definition) is 17. The molecule has 2 heterocycles. The van der Waals surface area contributed by atoms with Crippen LogP contribution >= 0.6 is 12.2 Å². The normalized spacial score (nSPS) is 12.9. The molecule has 1 spiro atoms. The van der Waals surface area contributed by atoms with Gasteiger partial charge in [0.2, 0.25) is 0 Å². The lowest BCUT2D eigenvalue weighted by atomic mass is 9.77. The second-order valence-corrected chi connectivity index (χ2v) is 14.6. The monoisotopic (exact) mass is 918 g/mol. The van der Waals surface area contributed by atoms with E-state index in [0.29, 0.717) is 124 Å². The smallest absolute Gasteiger partial charge is 0.340 e. The fraction of sp³-hybridized carbons (Fsp3) is 0.378. The summed E-state index contributed by atoms with van der Waals surface area (Å²) in [6.45, 7) is 6.76. The zero-order valence-electron chi connectivity index (χ0n) is 35.6. The third kappa shape index (κ3) is 12.9. The lowest BCUT2D eigenvalue weighted by Gasteiger charge is -2.36. The van der Waals surface area contributed by atoms with Gasteiger partial charge in [-0.3, -0.25) is 9.59 Å². The van der Waals surface area contributed by atoms with Crippen molar-refractivity contribution in [2.45, 2.75) is 18.9 Å². The number of phenolic OH excluding ortho intramolecular Hbond substituents is 2. The molecule has 0 aromatic heterocycles. The van der Waals surface area contributed by atoms with Crippen LogP contribution in [0.5, 0.6) is 28.7 Å². The van der Waals surface area contributed by atoms with Gasteiger partial charge in [-0.25, -0.2) is 4.79 Å². The quantitative estimate of drug-likeness (QED) is 0.0179. The molecule has 0 unspecified atom stereocenters. The number of thiocarbonyl (C=S) groups is 1. The molecule has 0 aliphatic carbocycles. The molecule has 2 aliphatic rings. The minimum Gasteiger partial charge on any atom is -0.508 e. The van der Waals surface area contributed by atoms with Crippen molar-refractivity contribution in [1.82, 2.24) is 10.6 Å². The van der Waals surface area contributed by atoms with Gasteiger partial charge in [0, 0.05) is 53.2 Å². The van der Waals surface area contributed by atoms with Crippen molar-refractivity contribution in [2.75, 3.05) is 97.7 Å². The summed E-state index contributed by atoms with van der Waals surface area (Å²) in [6, 6.07) is 18.5. The van der Waals surface area contributed by atoms with E-state index in [2.05, 4.69) is 21.1 Å². The summed E-state index contributed by atoms with van der Waals surface area (Å²) in [7, 11) is 0. The molecule has 346 valence electrons. The number of esters is 2. The van der Waals surface area contributed by atoms with Crippen LogP contribution in [0, 0.1) is 4.91 Å². The van der Waals surface area contributed by atoms with E-state index in [1.54, 1.807) is 37.3 Å². The minimum atomic E-state index is -1.35. The second kappa shape index (κ2) is 24.1. The summed E-state index contributed by atoms with van der Waals surface area (Å²) in [5, 5.41) is 32.2. The molecule has 6 rings (SSSR count). The number of aromatic hydroxyl groups is 2. The van der Waals surface area contributed by atoms with E-state index >= 15 is 0 Å². The predicted molar refractivity (Wildman–Crippen MR) is 237 cm³/mol. The van der Waals surface area contributed by atoms with Gasteiger partial charge in [0.1, 0.15) is 23.0 Å². The first-order valence-electron chi connectivity index (χ1n) is 20.8. The zero-order chi connectivity index (χ0) is 46.0. The maximum absolute atomic E-state index is 13.4. The summed E-state index contributed by atoms with van der Waals surface area (Å²) >= 11 is 5.46. The summed E-state index contributed by atoms with van der Waals surface area (Å²) in [5.41, 5.74) is 1.30. The zero-order valence-corrected chi connectivity index (χ0v) is 36.4. The fourth-order valence-electron chi connectivity index (χ4n) is 6.80. The molecule has 1 amide bonds. The molecule has 5 N–H and O–H groups in total. The minimum absolute atomic E-state index is 0.0221. The van der Waals surface area contributed by atoms with Gasteiger partial charge in [-0.05, 0) is 78.9 Å². The van der Waals surface area contributed by atoms with Gasteiger partial charge >= 0.3 is 11.9 Å². The summed E-state index contributed by atoms with van der Waals surface area (Å²) in [6.07, 6.45) is -0.0514. The lowest BCUT2D eigenvalue weighted by Crippen LogP contribution is -2.33. The van der Waals surface area contributed by atoms with Crippen LogP contribution in [0.2, 0.25) is 0 Å². The van der Waals surface area contributed by atoms with Gasteiger partial charge in [-0.2, -0.15) is 0 Å². The van der Waals surface area contributed by atoms with Crippen LogP contribution < -0.4 is 25.4 Å². The Hall–Kier alpha value is -6.26. The Morgan fingerprint density at radius 2 is 1.25 bits per heavy atom. The van der Waals surface area contributed by atoms with Crippen molar-refractivity contribution in [3.63, 3.8) is 0 Å². The van der Waals surface area contributed by atoms with E-state index < -0.39 is 17.5 Å². The number of benzene rings is 4. The highest BCUT2D eigenvalue weighted by atomic mass is 32.1. The van der Waals surface area contributed by atoms with Crippen LogP contribution in [0.1, 0.15) is 50.8 Å². The van der Waals surface area contributed by atoms with Crippen molar-refractivity contribution >= 4 is 46.6 Å². The molecule has 4 aromatic rings. The summed E-state index contributed by atoms with van der Waals surface area (Å²) in [5.74, 6) is -0.999. The van der Waals surface area contributed by atoms with E-state index in [-0.39, 0.29) is 54.0 Å². The van der Waals surface area contributed by atoms with E-state index in [9.17, 15) is 29.5 Å². The molecule has 20 heteroatoms. The van der Waals surface area contributed by atoms with Crippen LogP contribution in [-0.2, 0) is 43.6 Å². The Morgan fingerprint density at radius 1 is 0.692 bits per heavy atom. The van der Waals surface area contributed by atoms with Crippen molar-refractivity contribution in [3.05, 3.63) is 106 Å². The Morgan fingerprint density at radius 3 is 1.82 bits per heavy atom. The Bertz CT molecular complexity index is 2260. The Labute approximate surface area is 379 Å². The van der Waals surface area contributed by atoms with Gasteiger partial charge in [0.25, 0.3) is 5.91 Å². The Kier molecular flexibility index (Phi) is 17.9. The highest BCUT2D eigenvalue weighted by Crippen LogP contribution is 2.57. The van der Waals surface area contributed by atoms with Crippen LogP contribution in [0.3, 0.4) is 0 Å². The SMILES string of the molecule is CCNC(=O)c1ccc(OC(=O)CCOCCOCCOCCOCCOCCOCCNC(=S)Nc2ccc3c(c2)C(=O)OC32c3ccc(O)cc3Oc3cc(O)ccc32)c(N=O)c1. The number of carbonyl (C=O) groups excluding carboxylic acids is 3. The van der Waals surface area contributed by atoms with Gasteiger partial charge in [-0.15, -0.1) is 4.91 Å². The van der Waals surface area contributed by atoms with Crippen LogP contribution in [-0.4, -0.2) is 126 Å². The van der Waals surface area contributed by atoms with E-state index in [1.165, 1.54) is 42.5 Å². The van der Waals surface area contributed by atoms with Crippen molar-refractivity contribution < 1.29 is 67.2 Å². The second-order valence-electron chi connectivity index (χ2n) is 14.2. The van der Waals surface area contributed by atoms with Crippen molar-refractivity contribution in [2.24, 2.45) is 5.18 Å². The number of anilines is 1. The van der Waals surface area contributed by atoms with Crippen LogP contribution in [0.4, 0.5) is 11.4 Å². The van der Waals surface area contributed by atoms with Gasteiger partial charge < -0.3 is 68.8 Å². The number of nitrogens with zero attached hydrogens (tertiary/aromatic N) is 1. The molecule has 0 fully saturated rings. The van der Waals surface area contributed by atoms with Crippen LogP contribution in [0.15, 0.2) is 78.0 Å². The molecule has 19 nitrogen and oxygen atoms in total. The molecule has 0 bridgehead atoms. The largest absolute Gasteiger partial charge is 0.508 e. The highest BCUT2D eigenvalue weighted by Gasteiger charge is 2.53. The molecular formula is C45H50N4O15S. The number of carbonyl (C=O) groups is 3. The number of nitrogens with one attached hydrogen (secondary N) is 3. The number of amides is 1. The van der Waals surface area contributed by atoms with Gasteiger partial charge in [0.15, 0.2) is 22.2 Å². The summed E-state index contributed by atoms with van der Waals surface area (Å²) < 4.78 is 50.3. The molecule has 2 aliphatic heterocycles. The van der Waals surface area contributed by atoms with Crippen molar-refractivity contribution in [1.29, 1.82) is 0 Å². The predicted octanol–water partition coefficient (Wildman–Crippen LogP) is 5.20. The average Bonchev–Trinajstić information content (AvgIpc) is 3.57. The number of fused-ring (bicyclic) bond motifs is 6. The first-order valence-corrected chi connectivity index (χ1v) is 21.2. The average molecular weight is 919 g/mol. The third-order valence-corrected chi connectivity index (χ3v) is 10.0. The van der Waals surface area contributed by atoms with Gasteiger partial charge in [0.05, 0.1) is 91.3 Å². The number of rotatable bonds is 26. The first-order chi connectivity index (χ1) is 31.6. The molecule has 65 heavy (non-hydrogen) atoms. The van der Waals surface area contributed by atoms with E-state index in [0.717, 1.165) is 0 Å². The standard InChI is InChI=1S/C45H50N4O15S/c1-2-46-42(53)29-3-10-38(37(25-29)49-55)63-41(52)11-13-56-15-17-58-19-21-60-23-24-61-22-20-59-18-16-57-14-12-47-44(65)48-30-4-7-34-33(26-30)43(54)64-45(34)35-8-5-31(50)27-39(35)62-40-28-32(51)6-9-36(40)45/h3-10,25-28,50-51H,2,11-24H2,1H3,(H,46,53)(H2,47,48,65).